The van der Waals surface area contributed by atoms with E-state index in [1.54, 1.807) is 0 Å². The number of ether oxygens (including phenoxy) is 1. The molecule has 1 aromatic carbocycles. The van der Waals surface area contributed by atoms with E-state index in [1.165, 1.54) is 0 Å². The second-order valence-corrected chi connectivity index (χ2v) is 5.10. The van der Waals surface area contributed by atoms with Crippen molar-refractivity contribution in [3.05, 3.63) is 30.3 Å². The minimum Gasteiger partial charge on any atom is -0.494 e. The Morgan fingerprint density at radius 3 is 1.92 bits per heavy atom. The van der Waals surface area contributed by atoms with Gasteiger partial charge in [0, 0.05) is 32.7 Å². The van der Waals surface area contributed by atoms with Crippen LogP contribution in [0.5, 0.6) is 5.75 Å². The topological polar surface area (TPSA) is 58.8 Å². The highest BCUT2D eigenvalue weighted by Gasteiger charge is 2.17. The molecule has 0 aliphatic carbocycles. The molecule has 0 bridgehead atoms. The van der Waals surface area contributed by atoms with Crippen LogP contribution < -0.4 is 10.5 Å². The molecule has 1 heterocycles. The minimum absolute atomic E-state index is 0.241. The molecular formula is C21H41N3O2. The zero-order valence-corrected chi connectivity index (χ0v) is 17.8. The zero-order chi connectivity index (χ0) is 20.2. The van der Waals surface area contributed by atoms with E-state index in [1.807, 2.05) is 71.9 Å². The molecular weight excluding hydrogens is 326 g/mol. The van der Waals surface area contributed by atoms with Crippen molar-refractivity contribution in [1.29, 1.82) is 0 Å². The van der Waals surface area contributed by atoms with Crippen LogP contribution in [0.25, 0.3) is 0 Å². The molecule has 0 spiro atoms. The molecule has 1 fully saturated rings. The number of hydrogen-bond donors (Lipinski definition) is 1. The van der Waals surface area contributed by atoms with Crippen molar-refractivity contribution >= 4 is 5.91 Å². The van der Waals surface area contributed by atoms with Crippen LogP contribution in [0.1, 0.15) is 48.0 Å². The number of primary amides is 1. The number of nitrogens with zero attached hydrogens (tertiary/aromatic N) is 2. The van der Waals surface area contributed by atoms with Gasteiger partial charge in [0.25, 0.3) is 0 Å². The molecule has 5 heteroatoms. The van der Waals surface area contributed by atoms with Gasteiger partial charge in [-0.1, -0.05) is 59.7 Å². The van der Waals surface area contributed by atoms with Gasteiger partial charge in [-0.2, -0.15) is 0 Å². The van der Waals surface area contributed by atoms with E-state index >= 15 is 0 Å². The van der Waals surface area contributed by atoms with Crippen LogP contribution in [0.3, 0.4) is 0 Å². The Morgan fingerprint density at radius 1 is 0.923 bits per heavy atom. The second-order valence-electron chi connectivity index (χ2n) is 5.10. The lowest BCUT2D eigenvalue weighted by molar-refractivity contribution is -0.119. The molecule has 26 heavy (non-hydrogen) atoms. The highest BCUT2D eigenvalue weighted by Crippen LogP contribution is 2.09. The lowest BCUT2D eigenvalue weighted by atomic mass is 10.3. The molecule has 0 aromatic heterocycles. The molecule has 0 saturated carbocycles. The van der Waals surface area contributed by atoms with E-state index in [4.69, 9.17) is 10.5 Å². The fraction of sp³-hybridized carbons (Fsp3) is 0.667. The maximum atomic E-state index is 10.8. The van der Waals surface area contributed by atoms with E-state index in [-0.39, 0.29) is 5.91 Å². The van der Waals surface area contributed by atoms with Gasteiger partial charge >= 0.3 is 0 Å². The molecule has 0 atom stereocenters. The number of piperazine rings is 1. The minimum atomic E-state index is -0.241. The summed E-state index contributed by atoms with van der Waals surface area (Å²) < 4.78 is 5.67. The van der Waals surface area contributed by atoms with Crippen LogP contribution in [-0.2, 0) is 4.79 Å². The van der Waals surface area contributed by atoms with Crippen LogP contribution >= 0.6 is 0 Å². The summed E-state index contributed by atoms with van der Waals surface area (Å²) in [5.41, 5.74) is 5.20. The average molecular weight is 368 g/mol. The Balaban J connectivity index is 0. The number of nitrogens with two attached hydrogens (primary N) is 1. The normalized spacial score (nSPS) is 13.8. The molecule has 1 amide bonds. The smallest absolute Gasteiger partial charge is 0.231 e. The predicted octanol–water partition coefficient (Wildman–Crippen LogP) is 3.64. The Morgan fingerprint density at radius 2 is 1.42 bits per heavy atom. The summed E-state index contributed by atoms with van der Waals surface area (Å²) in [5.74, 6) is 0.688. The van der Waals surface area contributed by atoms with Gasteiger partial charge in [0.05, 0.1) is 13.2 Å². The van der Waals surface area contributed by atoms with Crippen LogP contribution in [0.2, 0.25) is 0 Å². The van der Waals surface area contributed by atoms with E-state index in [0.717, 1.165) is 51.5 Å². The van der Waals surface area contributed by atoms with Gasteiger partial charge in [-0.05, 0) is 18.6 Å². The molecule has 2 rings (SSSR count). The fourth-order valence-electron chi connectivity index (χ4n) is 2.39. The van der Waals surface area contributed by atoms with Crippen molar-refractivity contribution in [1.82, 2.24) is 9.80 Å². The maximum Gasteiger partial charge on any atom is 0.231 e. The third-order valence-corrected chi connectivity index (χ3v) is 3.47. The second kappa shape index (κ2) is 19.7. The third-order valence-electron chi connectivity index (χ3n) is 3.47. The van der Waals surface area contributed by atoms with Gasteiger partial charge < -0.3 is 15.4 Å². The number of hydrogen-bond acceptors (Lipinski definition) is 4. The summed E-state index contributed by atoms with van der Waals surface area (Å²) in [5, 5.41) is 0. The van der Waals surface area contributed by atoms with Gasteiger partial charge in [-0.3, -0.25) is 9.69 Å². The van der Waals surface area contributed by atoms with Gasteiger partial charge in [0.2, 0.25) is 5.91 Å². The molecule has 0 radical (unpaired) electrons. The highest BCUT2D eigenvalue weighted by atomic mass is 16.5. The largest absolute Gasteiger partial charge is 0.494 e. The summed E-state index contributed by atoms with van der Waals surface area (Å²) in [7, 11) is 0. The Kier molecular flexibility index (Phi) is 20.2. The van der Waals surface area contributed by atoms with Gasteiger partial charge in [0.15, 0.2) is 0 Å². The van der Waals surface area contributed by atoms with Crippen LogP contribution in [-0.4, -0.2) is 61.6 Å². The van der Waals surface area contributed by atoms with Crippen molar-refractivity contribution in [2.45, 2.75) is 48.0 Å². The molecule has 1 aliphatic rings. The highest BCUT2D eigenvalue weighted by molar-refractivity contribution is 5.75. The Bertz CT molecular complexity index is 405. The summed E-state index contributed by atoms with van der Waals surface area (Å²) in [6.07, 6.45) is 1.02. The Hall–Kier alpha value is -1.59. The SMILES string of the molecule is CC.CC.CC.NC(=O)CN1CCN(CCCOc2ccccc2)CC1. The molecule has 2 N–H and O–H groups in total. The molecule has 1 saturated heterocycles. The maximum absolute atomic E-state index is 10.8. The first-order chi connectivity index (χ1) is 12.7. The fourth-order valence-corrected chi connectivity index (χ4v) is 2.39. The lowest BCUT2D eigenvalue weighted by Crippen LogP contribution is -2.49. The standard InChI is InChI=1S/C15H23N3O2.3C2H6/c16-15(19)13-18-10-8-17(9-11-18)7-4-12-20-14-5-2-1-3-6-14;3*1-2/h1-3,5-6H,4,7-13H2,(H2,16,19);3*1-2H3. The van der Waals surface area contributed by atoms with Gasteiger partial charge in [-0.25, -0.2) is 0 Å². The van der Waals surface area contributed by atoms with Crippen molar-refractivity contribution in [2.24, 2.45) is 5.73 Å². The van der Waals surface area contributed by atoms with Crippen LogP contribution in [0.4, 0.5) is 0 Å². The Labute approximate surface area is 161 Å². The predicted molar refractivity (Wildman–Crippen MR) is 113 cm³/mol. The third kappa shape index (κ3) is 13.7. The quantitative estimate of drug-likeness (QED) is 0.748. The van der Waals surface area contributed by atoms with Crippen molar-refractivity contribution in [3.63, 3.8) is 0 Å². The van der Waals surface area contributed by atoms with Gasteiger partial charge in [0.1, 0.15) is 5.75 Å². The molecule has 152 valence electrons. The van der Waals surface area contributed by atoms with Crippen molar-refractivity contribution in [2.75, 3.05) is 45.9 Å². The molecule has 5 nitrogen and oxygen atoms in total. The number of amides is 1. The average Bonchev–Trinajstić information content (AvgIpc) is 2.71. The van der Waals surface area contributed by atoms with Crippen molar-refractivity contribution < 1.29 is 9.53 Å². The first-order valence-corrected chi connectivity index (χ1v) is 10.1. The first kappa shape index (κ1) is 26.6. The van der Waals surface area contributed by atoms with E-state index < -0.39 is 0 Å². The zero-order valence-electron chi connectivity index (χ0n) is 17.8. The number of rotatable bonds is 7. The number of carbonyl (C=O) groups is 1. The molecule has 1 aliphatic heterocycles. The molecule has 1 aromatic rings. The van der Waals surface area contributed by atoms with E-state index in [9.17, 15) is 4.79 Å². The monoisotopic (exact) mass is 367 g/mol. The van der Waals surface area contributed by atoms with Crippen LogP contribution in [0.15, 0.2) is 30.3 Å². The summed E-state index contributed by atoms with van der Waals surface area (Å²) >= 11 is 0. The first-order valence-electron chi connectivity index (χ1n) is 10.1. The summed E-state index contributed by atoms with van der Waals surface area (Å²) in [6, 6.07) is 9.89. The van der Waals surface area contributed by atoms with Crippen LogP contribution in [0, 0.1) is 0 Å². The van der Waals surface area contributed by atoms with Gasteiger partial charge in [-0.15, -0.1) is 0 Å². The summed E-state index contributed by atoms with van der Waals surface area (Å²) in [4.78, 5) is 15.4. The van der Waals surface area contributed by atoms with Crippen molar-refractivity contribution in [3.8, 4) is 5.75 Å². The lowest BCUT2D eigenvalue weighted by Gasteiger charge is -2.33. The van der Waals surface area contributed by atoms with E-state index in [2.05, 4.69) is 9.80 Å². The summed E-state index contributed by atoms with van der Waals surface area (Å²) in [6.45, 7) is 18.0. The molecule has 0 unspecified atom stereocenters. The number of carbonyl (C=O) groups excluding carboxylic acids is 1. The van der Waals surface area contributed by atoms with E-state index in [0.29, 0.717) is 6.54 Å². The number of benzene rings is 1. The number of para-hydroxylation sites is 1.